The molecule has 1 N–H and O–H groups in total. The number of nitrogens with one attached hydrogen (secondary N) is 1. The molecule has 2 aromatic rings. The van der Waals surface area contributed by atoms with Gasteiger partial charge in [0, 0.05) is 11.0 Å². The lowest BCUT2D eigenvalue weighted by atomic mass is 10.1. The molecule has 3 nitrogen and oxygen atoms in total. The molecule has 0 spiro atoms. The van der Waals surface area contributed by atoms with E-state index < -0.39 is 0 Å². The summed E-state index contributed by atoms with van der Waals surface area (Å²) in [7, 11) is 0. The molecule has 0 saturated heterocycles. The van der Waals surface area contributed by atoms with Gasteiger partial charge in [-0.15, -0.1) is 0 Å². The van der Waals surface area contributed by atoms with Gasteiger partial charge in [0.2, 0.25) is 5.89 Å². The second kappa shape index (κ2) is 5.67. The summed E-state index contributed by atoms with van der Waals surface area (Å²) in [6, 6.07) is 6.46. The summed E-state index contributed by atoms with van der Waals surface area (Å²) < 4.78 is 6.63. The lowest BCUT2D eigenvalue weighted by Crippen LogP contribution is -2.18. The van der Waals surface area contributed by atoms with Gasteiger partial charge in [-0.05, 0) is 38.0 Å². The standard InChI is InChI=1S/C14H17BrN2O/c1-9-4-5-12(13(15)6-9)8-16-11(3)14-17-7-10(2)18-14/h4-7,11,16H,8H2,1-3H3. The molecule has 1 unspecified atom stereocenters. The first-order valence-corrected chi connectivity index (χ1v) is 6.76. The molecule has 0 saturated carbocycles. The van der Waals surface area contributed by atoms with Crippen molar-refractivity contribution < 1.29 is 4.42 Å². The van der Waals surface area contributed by atoms with Crippen LogP contribution in [0.2, 0.25) is 0 Å². The van der Waals surface area contributed by atoms with Gasteiger partial charge in [0.15, 0.2) is 0 Å². The van der Waals surface area contributed by atoms with Gasteiger partial charge >= 0.3 is 0 Å². The maximum atomic E-state index is 5.50. The lowest BCUT2D eigenvalue weighted by Gasteiger charge is -2.11. The summed E-state index contributed by atoms with van der Waals surface area (Å²) in [5.74, 6) is 1.57. The number of hydrogen-bond donors (Lipinski definition) is 1. The number of aromatic nitrogens is 1. The van der Waals surface area contributed by atoms with E-state index in [1.807, 2.05) is 13.8 Å². The molecule has 1 heterocycles. The van der Waals surface area contributed by atoms with Crippen molar-refractivity contribution in [1.82, 2.24) is 10.3 Å². The molecule has 0 fully saturated rings. The van der Waals surface area contributed by atoms with E-state index in [0.29, 0.717) is 0 Å². The van der Waals surface area contributed by atoms with Crippen molar-refractivity contribution in [2.75, 3.05) is 0 Å². The third-order valence-corrected chi connectivity index (χ3v) is 3.56. The fraction of sp³-hybridized carbons (Fsp3) is 0.357. The largest absolute Gasteiger partial charge is 0.444 e. The highest BCUT2D eigenvalue weighted by molar-refractivity contribution is 9.10. The van der Waals surface area contributed by atoms with Crippen LogP contribution in [0.1, 0.15) is 35.7 Å². The maximum Gasteiger partial charge on any atom is 0.211 e. The minimum absolute atomic E-state index is 0.104. The van der Waals surface area contributed by atoms with Gasteiger partial charge in [-0.2, -0.15) is 0 Å². The van der Waals surface area contributed by atoms with Crippen LogP contribution >= 0.6 is 15.9 Å². The summed E-state index contributed by atoms with van der Waals surface area (Å²) in [5.41, 5.74) is 2.48. The molecule has 1 aromatic carbocycles. The first-order chi connectivity index (χ1) is 8.56. The Kier molecular flexibility index (Phi) is 4.19. The summed E-state index contributed by atoms with van der Waals surface area (Å²) in [4.78, 5) is 4.22. The average Bonchev–Trinajstić information content (AvgIpc) is 2.74. The van der Waals surface area contributed by atoms with Crippen LogP contribution in [0, 0.1) is 13.8 Å². The van der Waals surface area contributed by atoms with Gasteiger partial charge < -0.3 is 9.73 Å². The molecular weight excluding hydrogens is 292 g/mol. The van der Waals surface area contributed by atoms with Crippen molar-refractivity contribution in [1.29, 1.82) is 0 Å². The van der Waals surface area contributed by atoms with Crippen LogP contribution in [0.25, 0.3) is 0 Å². The molecule has 0 radical (unpaired) electrons. The van der Waals surface area contributed by atoms with Crippen molar-refractivity contribution in [3.63, 3.8) is 0 Å². The van der Waals surface area contributed by atoms with Gasteiger partial charge in [-0.3, -0.25) is 0 Å². The lowest BCUT2D eigenvalue weighted by molar-refractivity contribution is 0.402. The van der Waals surface area contributed by atoms with E-state index in [0.717, 1.165) is 22.7 Å². The summed E-state index contributed by atoms with van der Waals surface area (Å²) in [6.45, 7) is 6.82. The molecule has 0 aliphatic carbocycles. The quantitative estimate of drug-likeness (QED) is 0.930. The minimum Gasteiger partial charge on any atom is -0.444 e. The highest BCUT2D eigenvalue weighted by Gasteiger charge is 2.11. The molecule has 18 heavy (non-hydrogen) atoms. The van der Waals surface area contributed by atoms with Gasteiger partial charge in [0.1, 0.15) is 5.76 Å². The van der Waals surface area contributed by atoms with Crippen molar-refractivity contribution >= 4 is 15.9 Å². The predicted octanol–water partition coefficient (Wildman–Crippen LogP) is 3.90. The Morgan fingerprint density at radius 3 is 2.78 bits per heavy atom. The zero-order valence-electron chi connectivity index (χ0n) is 10.8. The molecule has 96 valence electrons. The Hall–Kier alpha value is -1.13. The van der Waals surface area contributed by atoms with Crippen LogP contribution in [0.4, 0.5) is 0 Å². The van der Waals surface area contributed by atoms with Gasteiger partial charge in [-0.25, -0.2) is 4.98 Å². The van der Waals surface area contributed by atoms with Crippen LogP contribution in [0.5, 0.6) is 0 Å². The molecule has 0 amide bonds. The van der Waals surface area contributed by atoms with Crippen LogP contribution < -0.4 is 5.32 Å². The second-order valence-electron chi connectivity index (χ2n) is 4.51. The van der Waals surface area contributed by atoms with E-state index in [9.17, 15) is 0 Å². The Morgan fingerprint density at radius 1 is 1.39 bits per heavy atom. The first-order valence-electron chi connectivity index (χ1n) is 5.97. The second-order valence-corrected chi connectivity index (χ2v) is 5.36. The molecule has 2 rings (SSSR count). The third kappa shape index (κ3) is 3.21. The molecule has 1 atom stereocenters. The molecular formula is C14H17BrN2O. The minimum atomic E-state index is 0.104. The number of oxazole rings is 1. The number of benzene rings is 1. The van der Waals surface area contributed by atoms with Crippen molar-refractivity contribution in [3.8, 4) is 0 Å². The normalized spacial score (nSPS) is 12.7. The number of hydrogen-bond acceptors (Lipinski definition) is 3. The third-order valence-electron chi connectivity index (χ3n) is 2.82. The number of halogens is 1. The first kappa shape index (κ1) is 13.3. The van der Waals surface area contributed by atoms with Crippen molar-refractivity contribution in [3.05, 3.63) is 51.6 Å². The average molecular weight is 309 g/mol. The number of rotatable bonds is 4. The van der Waals surface area contributed by atoms with Crippen molar-refractivity contribution in [2.24, 2.45) is 0 Å². The monoisotopic (exact) mass is 308 g/mol. The summed E-state index contributed by atoms with van der Waals surface area (Å²) >= 11 is 3.58. The zero-order valence-corrected chi connectivity index (χ0v) is 12.4. The highest BCUT2D eigenvalue weighted by atomic mass is 79.9. The summed E-state index contributed by atoms with van der Waals surface area (Å²) in [5, 5.41) is 3.40. The molecule has 0 aliphatic rings. The van der Waals surface area contributed by atoms with Crippen LogP contribution in [-0.2, 0) is 6.54 Å². The Morgan fingerprint density at radius 2 is 2.17 bits per heavy atom. The number of aryl methyl sites for hydroxylation is 2. The fourth-order valence-electron chi connectivity index (χ4n) is 1.72. The Labute approximate surface area is 116 Å². The highest BCUT2D eigenvalue weighted by Crippen LogP contribution is 2.19. The maximum absolute atomic E-state index is 5.50. The van der Waals surface area contributed by atoms with E-state index in [2.05, 4.69) is 51.4 Å². The zero-order chi connectivity index (χ0) is 13.1. The smallest absolute Gasteiger partial charge is 0.211 e. The van der Waals surface area contributed by atoms with E-state index in [1.165, 1.54) is 11.1 Å². The van der Waals surface area contributed by atoms with Crippen LogP contribution in [0.3, 0.4) is 0 Å². The molecule has 1 aromatic heterocycles. The number of nitrogens with zero attached hydrogens (tertiary/aromatic N) is 1. The van der Waals surface area contributed by atoms with Crippen LogP contribution in [0.15, 0.2) is 33.3 Å². The Bertz CT molecular complexity index is 536. The Balaban J connectivity index is 1.99. The van der Waals surface area contributed by atoms with E-state index in [-0.39, 0.29) is 6.04 Å². The van der Waals surface area contributed by atoms with E-state index in [4.69, 9.17) is 4.42 Å². The topological polar surface area (TPSA) is 38.1 Å². The predicted molar refractivity (Wildman–Crippen MR) is 75.4 cm³/mol. The van der Waals surface area contributed by atoms with Crippen LogP contribution in [-0.4, -0.2) is 4.98 Å². The molecule has 0 bridgehead atoms. The van der Waals surface area contributed by atoms with Gasteiger partial charge in [-0.1, -0.05) is 28.1 Å². The van der Waals surface area contributed by atoms with E-state index in [1.54, 1.807) is 6.20 Å². The molecule has 0 aliphatic heterocycles. The molecule has 4 heteroatoms. The van der Waals surface area contributed by atoms with Gasteiger partial charge in [0.25, 0.3) is 0 Å². The van der Waals surface area contributed by atoms with E-state index >= 15 is 0 Å². The fourth-order valence-corrected chi connectivity index (χ4v) is 2.35. The van der Waals surface area contributed by atoms with Gasteiger partial charge in [0.05, 0.1) is 12.2 Å². The SMILES string of the molecule is Cc1ccc(CNC(C)c2ncc(C)o2)c(Br)c1. The summed E-state index contributed by atoms with van der Waals surface area (Å²) in [6.07, 6.45) is 1.75. The van der Waals surface area contributed by atoms with Crippen molar-refractivity contribution in [2.45, 2.75) is 33.4 Å².